The van der Waals surface area contributed by atoms with Gasteiger partial charge < -0.3 is 14.8 Å². The van der Waals surface area contributed by atoms with E-state index in [9.17, 15) is 9.18 Å². The highest BCUT2D eigenvalue weighted by Gasteiger charge is 2.19. The second-order valence-corrected chi connectivity index (χ2v) is 7.84. The van der Waals surface area contributed by atoms with Gasteiger partial charge in [0.25, 0.3) is 0 Å². The van der Waals surface area contributed by atoms with Gasteiger partial charge in [-0.2, -0.15) is 0 Å². The lowest BCUT2D eigenvalue weighted by molar-refractivity contribution is -0.113. The van der Waals surface area contributed by atoms with Crippen molar-refractivity contribution in [1.82, 2.24) is 14.8 Å². The minimum atomic E-state index is -0.416. The molecule has 0 atom stereocenters. The van der Waals surface area contributed by atoms with E-state index in [-0.39, 0.29) is 11.7 Å². The number of rotatable bonds is 8. The molecule has 0 radical (unpaired) electrons. The van der Waals surface area contributed by atoms with Gasteiger partial charge in [0.1, 0.15) is 5.82 Å². The van der Waals surface area contributed by atoms with Crippen LogP contribution in [0.25, 0.3) is 17.1 Å². The van der Waals surface area contributed by atoms with Crippen molar-refractivity contribution in [3.8, 4) is 28.6 Å². The fourth-order valence-electron chi connectivity index (χ4n) is 3.23. The highest BCUT2D eigenvalue weighted by atomic mass is 32.2. The maximum absolute atomic E-state index is 13.4. The third kappa shape index (κ3) is 5.15. The van der Waals surface area contributed by atoms with Gasteiger partial charge in [0.05, 0.1) is 25.7 Å². The van der Waals surface area contributed by atoms with E-state index in [2.05, 4.69) is 15.5 Å². The molecule has 7 nitrogen and oxygen atoms in total. The number of carbonyl (C=O) groups excluding carboxylic acids is 1. The average Bonchev–Trinajstić information content (AvgIpc) is 3.27. The molecule has 4 rings (SSSR count). The SMILES string of the molecule is COc1ccc(-n2c(SCC(=O)Nc3cccc(F)c3)nnc2-c2ccccc2)cc1OC. The van der Waals surface area contributed by atoms with Crippen molar-refractivity contribution in [3.05, 3.63) is 78.6 Å². The van der Waals surface area contributed by atoms with Gasteiger partial charge in [-0.1, -0.05) is 48.2 Å². The van der Waals surface area contributed by atoms with Gasteiger partial charge in [0.2, 0.25) is 5.91 Å². The molecule has 0 aliphatic rings. The second kappa shape index (κ2) is 10.2. The molecule has 4 aromatic rings. The van der Waals surface area contributed by atoms with Crippen LogP contribution >= 0.6 is 11.8 Å². The Kier molecular flexibility index (Phi) is 6.89. The third-order valence-corrected chi connectivity index (χ3v) is 5.66. The largest absolute Gasteiger partial charge is 0.493 e. The van der Waals surface area contributed by atoms with E-state index in [0.717, 1.165) is 11.3 Å². The summed E-state index contributed by atoms with van der Waals surface area (Å²) in [5.74, 6) is 1.14. The van der Waals surface area contributed by atoms with Crippen LogP contribution in [0.2, 0.25) is 0 Å². The fraction of sp³-hybridized carbons (Fsp3) is 0.125. The van der Waals surface area contributed by atoms with Crippen molar-refractivity contribution < 1.29 is 18.7 Å². The number of thioether (sulfide) groups is 1. The molecule has 33 heavy (non-hydrogen) atoms. The molecule has 0 saturated heterocycles. The summed E-state index contributed by atoms with van der Waals surface area (Å²) in [7, 11) is 3.14. The van der Waals surface area contributed by atoms with Crippen LogP contribution in [-0.4, -0.2) is 40.6 Å². The average molecular weight is 465 g/mol. The Balaban J connectivity index is 1.64. The smallest absolute Gasteiger partial charge is 0.234 e. The number of anilines is 1. The van der Waals surface area contributed by atoms with Crippen LogP contribution < -0.4 is 14.8 Å². The lowest BCUT2D eigenvalue weighted by Crippen LogP contribution is -2.14. The van der Waals surface area contributed by atoms with E-state index in [1.807, 2.05) is 47.0 Å². The molecule has 3 aromatic carbocycles. The van der Waals surface area contributed by atoms with E-state index in [1.54, 1.807) is 26.4 Å². The van der Waals surface area contributed by atoms with Gasteiger partial charge in [-0.3, -0.25) is 9.36 Å². The van der Waals surface area contributed by atoms with E-state index in [0.29, 0.717) is 28.2 Å². The molecule has 168 valence electrons. The van der Waals surface area contributed by atoms with Gasteiger partial charge >= 0.3 is 0 Å². The highest BCUT2D eigenvalue weighted by Crippen LogP contribution is 2.33. The van der Waals surface area contributed by atoms with E-state index in [1.165, 1.54) is 30.0 Å². The molecule has 0 spiro atoms. The zero-order chi connectivity index (χ0) is 23.2. The Morgan fingerprint density at radius 1 is 0.970 bits per heavy atom. The number of amides is 1. The molecule has 1 heterocycles. The molecular weight excluding hydrogens is 443 g/mol. The predicted octanol–water partition coefficient (Wildman–Crippen LogP) is 4.82. The summed E-state index contributed by atoms with van der Waals surface area (Å²) in [5, 5.41) is 11.9. The standard InChI is InChI=1S/C24H21FN4O3S/c1-31-20-12-11-19(14-21(20)32-2)29-23(16-7-4-3-5-8-16)27-28-24(29)33-15-22(30)26-18-10-6-9-17(25)13-18/h3-14H,15H2,1-2H3,(H,26,30). The van der Waals surface area contributed by atoms with E-state index >= 15 is 0 Å². The van der Waals surface area contributed by atoms with Crippen LogP contribution in [0.1, 0.15) is 0 Å². The molecule has 1 aromatic heterocycles. The van der Waals surface area contributed by atoms with Crippen LogP contribution in [0.5, 0.6) is 11.5 Å². The van der Waals surface area contributed by atoms with Crippen LogP contribution in [-0.2, 0) is 4.79 Å². The minimum Gasteiger partial charge on any atom is -0.493 e. The molecule has 0 aliphatic heterocycles. The van der Waals surface area contributed by atoms with Gasteiger partial charge in [0.15, 0.2) is 22.5 Å². The lowest BCUT2D eigenvalue weighted by Gasteiger charge is -2.13. The Morgan fingerprint density at radius 3 is 2.48 bits per heavy atom. The number of ether oxygens (including phenoxy) is 2. The Morgan fingerprint density at radius 2 is 1.76 bits per heavy atom. The Labute approximate surface area is 194 Å². The normalized spacial score (nSPS) is 10.6. The molecule has 0 unspecified atom stereocenters. The van der Waals surface area contributed by atoms with Crippen LogP contribution in [0, 0.1) is 5.82 Å². The van der Waals surface area contributed by atoms with Gasteiger partial charge in [-0.25, -0.2) is 4.39 Å². The number of nitrogens with zero attached hydrogens (tertiary/aromatic N) is 3. The van der Waals surface area contributed by atoms with Crippen LogP contribution in [0.15, 0.2) is 78.0 Å². The van der Waals surface area contributed by atoms with Crippen LogP contribution in [0.3, 0.4) is 0 Å². The fourth-order valence-corrected chi connectivity index (χ4v) is 3.98. The van der Waals surface area contributed by atoms with Gasteiger partial charge in [0, 0.05) is 17.3 Å². The summed E-state index contributed by atoms with van der Waals surface area (Å²) >= 11 is 1.22. The zero-order valence-corrected chi connectivity index (χ0v) is 18.8. The Bertz CT molecular complexity index is 1260. The monoisotopic (exact) mass is 464 g/mol. The minimum absolute atomic E-state index is 0.0662. The maximum atomic E-state index is 13.4. The molecule has 0 fully saturated rings. The quantitative estimate of drug-likeness (QED) is 0.377. The molecular formula is C24H21FN4O3S. The molecule has 0 aliphatic carbocycles. The predicted molar refractivity (Wildman–Crippen MR) is 126 cm³/mol. The summed E-state index contributed by atoms with van der Waals surface area (Å²) in [5.41, 5.74) is 2.02. The summed E-state index contributed by atoms with van der Waals surface area (Å²) in [6.07, 6.45) is 0. The number of methoxy groups -OCH3 is 2. The number of benzene rings is 3. The van der Waals surface area contributed by atoms with E-state index in [4.69, 9.17) is 9.47 Å². The van der Waals surface area contributed by atoms with Gasteiger partial charge in [-0.05, 0) is 30.3 Å². The number of halogens is 1. The van der Waals surface area contributed by atoms with Crippen molar-refractivity contribution in [1.29, 1.82) is 0 Å². The Hall–Kier alpha value is -3.85. The van der Waals surface area contributed by atoms with Crippen molar-refractivity contribution in [2.45, 2.75) is 5.16 Å². The van der Waals surface area contributed by atoms with Crippen molar-refractivity contribution >= 4 is 23.4 Å². The molecule has 0 bridgehead atoms. The van der Waals surface area contributed by atoms with Crippen molar-refractivity contribution in [3.63, 3.8) is 0 Å². The molecule has 1 N–H and O–H groups in total. The van der Waals surface area contributed by atoms with Crippen molar-refractivity contribution in [2.75, 3.05) is 25.3 Å². The summed E-state index contributed by atoms with van der Waals surface area (Å²) in [6, 6.07) is 20.9. The first-order valence-electron chi connectivity index (χ1n) is 10.0. The third-order valence-electron chi connectivity index (χ3n) is 4.73. The first-order valence-corrected chi connectivity index (χ1v) is 11.0. The lowest BCUT2D eigenvalue weighted by atomic mass is 10.2. The van der Waals surface area contributed by atoms with E-state index < -0.39 is 5.82 Å². The van der Waals surface area contributed by atoms with Gasteiger partial charge in [-0.15, -0.1) is 10.2 Å². The maximum Gasteiger partial charge on any atom is 0.234 e. The summed E-state index contributed by atoms with van der Waals surface area (Å²) in [6.45, 7) is 0. The van der Waals surface area contributed by atoms with Crippen molar-refractivity contribution in [2.24, 2.45) is 0 Å². The first kappa shape index (κ1) is 22.3. The summed E-state index contributed by atoms with van der Waals surface area (Å²) < 4.78 is 26.1. The molecule has 0 saturated carbocycles. The number of hydrogen-bond donors (Lipinski definition) is 1. The number of aromatic nitrogens is 3. The molecule has 1 amide bonds. The number of nitrogens with one attached hydrogen (secondary N) is 1. The topological polar surface area (TPSA) is 78.3 Å². The second-order valence-electron chi connectivity index (χ2n) is 6.89. The number of carbonyl (C=O) groups is 1. The zero-order valence-electron chi connectivity index (χ0n) is 18.0. The summed E-state index contributed by atoms with van der Waals surface area (Å²) in [4.78, 5) is 12.5. The number of hydrogen-bond acceptors (Lipinski definition) is 6. The highest BCUT2D eigenvalue weighted by molar-refractivity contribution is 7.99. The van der Waals surface area contributed by atoms with Crippen LogP contribution in [0.4, 0.5) is 10.1 Å². The first-order chi connectivity index (χ1) is 16.1. The molecule has 9 heteroatoms.